The lowest BCUT2D eigenvalue weighted by molar-refractivity contribution is -0.136. The molecule has 10 heteroatoms. The number of carboxylic acid groups (broad SMARTS) is 1. The third-order valence-electron chi connectivity index (χ3n) is 4.21. The van der Waals surface area contributed by atoms with Crippen molar-refractivity contribution in [3.8, 4) is 11.6 Å². The number of benzene rings is 2. The Kier molecular flexibility index (Phi) is 6.41. The summed E-state index contributed by atoms with van der Waals surface area (Å²) in [6.45, 7) is 0. The second kappa shape index (κ2) is 9.35. The highest BCUT2D eigenvalue weighted by molar-refractivity contribution is 6.02. The minimum atomic E-state index is -1.01. The fourth-order valence-corrected chi connectivity index (χ4v) is 2.83. The third-order valence-corrected chi connectivity index (χ3v) is 4.21. The first-order valence-corrected chi connectivity index (χ1v) is 9.00. The fourth-order valence-electron chi connectivity index (χ4n) is 2.83. The zero-order valence-electron chi connectivity index (χ0n) is 16.3. The first-order valence-electron chi connectivity index (χ1n) is 9.00. The van der Waals surface area contributed by atoms with Gasteiger partial charge in [0.1, 0.15) is 5.75 Å². The number of azo groups is 1. The largest absolute Gasteiger partial charge is 0.496 e. The zero-order valence-corrected chi connectivity index (χ0v) is 16.3. The average Bonchev–Trinajstić information content (AvgIpc) is 3.06. The highest BCUT2D eigenvalue weighted by Crippen LogP contribution is 2.35. The summed E-state index contributed by atoms with van der Waals surface area (Å²) in [5.41, 5.74) is 1.77. The van der Waals surface area contributed by atoms with Gasteiger partial charge in [0.2, 0.25) is 5.88 Å². The number of aromatic amines is 1. The molecule has 0 radical (unpaired) electrons. The highest BCUT2D eigenvalue weighted by Gasteiger charge is 2.11. The molecule has 0 saturated heterocycles. The number of aromatic hydroxyl groups is 1. The van der Waals surface area contributed by atoms with E-state index in [0.29, 0.717) is 27.8 Å². The van der Waals surface area contributed by atoms with Crippen LogP contribution in [-0.2, 0) is 16.0 Å². The Morgan fingerprint density at radius 2 is 1.97 bits per heavy atom. The minimum absolute atomic E-state index is 0.0855. The molecule has 158 valence electrons. The molecule has 0 fully saturated rings. The lowest BCUT2D eigenvalue weighted by Crippen LogP contribution is -2.25. The molecule has 4 N–H and O–H groups in total. The predicted molar refractivity (Wildman–Crippen MR) is 111 cm³/mol. The van der Waals surface area contributed by atoms with Crippen molar-refractivity contribution in [2.24, 2.45) is 10.2 Å². The van der Waals surface area contributed by atoms with Crippen molar-refractivity contribution in [2.75, 3.05) is 7.11 Å². The van der Waals surface area contributed by atoms with Gasteiger partial charge in [0, 0.05) is 17.0 Å². The predicted octanol–water partition coefficient (Wildman–Crippen LogP) is 3.54. The number of methoxy groups -OCH3 is 1. The Bertz CT molecular complexity index is 1210. The number of para-hydroxylation sites is 1. The van der Waals surface area contributed by atoms with Gasteiger partial charge >= 0.3 is 12.0 Å². The lowest BCUT2D eigenvalue weighted by atomic mass is 10.1. The highest BCUT2D eigenvalue weighted by atomic mass is 16.5. The molecule has 3 aromatic rings. The number of imide groups is 1. The smallest absolute Gasteiger partial charge is 0.366 e. The maximum absolute atomic E-state index is 11.9. The number of ether oxygens (including phenoxy) is 1. The third kappa shape index (κ3) is 5.32. The normalized spacial score (nSPS) is 11.3. The number of amides is 3. The van der Waals surface area contributed by atoms with Gasteiger partial charge in [-0.3, -0.25) is 14.9 Å². The van der Waals surface area contributed by atoms with E-state index in [1.165, 1.54) is 13.2 Å². The van der Waals surface area contributed by atoms with Crippen LogP contribution in [0.4, 0.5) is 10.5 Å². The van der Waals surface area contributed by atoms with E-state index in [0.717, 1.165) is 6.08 Å². The van der Waals surface area contributed by atoms with Crippen molar-refractivity contribution >= 4 is 40.6 Å². The van der Waals surface area contributed by atoms with Gasteiger partial charge in [-0.1, -0.05) is 35.4 Å². The number of nitrogens with one attached hydrogen (secondary N) is 2. The Labute approximate surface area is 175 Å². The number of aliphatic carboxylic acids is 1. The van der Waals surface area contributed by atoms with Crippen LogP contribution >= 0.6 is 0 Å². The number of fused-ring (bicyclic) bond motifs is 1. The van der Waals surface area contributed by atoms with Crippen LogP contribution in [0.2, 0.25) is 0 Å². The number of urea groups is 1. The van der Waals surface area contributed by atoms with E-state index >= 15 is 0 Å². The van der Waals surface area contributed by atoms with Crippen molar-refractivity contribution in [3.63, 3.8) is 0 Å². The number of hydrogen-bond donors (Lipinski definition) is 4. The first kappa shape index (κ1) is 21.2. The van der Waals surface area contributed by atoms with Gasteiger partial charge in [-0.15, -0.1) is 5.11 Å². The number of aromatic nitrogens is 1. The van der Waals surface area contributed by atoms with E-state index in [1.54, 1.807) is 42.5 Å². The molecule has 31 heavy (non-hydrogen) atoms. The molecule has 2 aromatic carbocycles. The molecule has 3 amide bonds. The number of nitrogens with zero attached hydrogens (tertiary/aromatic N) is 2. The molecule has 0 aliphatic heterocycles. The molecule has 0 bridgehead atoms. The first-order chi connectivity index (χ1) is 14.9. The summed E-state index contributed by atoms with van der Waals surface area (Å²) < 4.78 is 5.16. The number of carboxylic acids is 1. The number of carbonyl (C=O) groups excluding carboxylic acids is 2. The Hall–Kier alpha value is -4.47. The molecule has 1 aromatic heterocycles. The van der Waals surface area contributed by atoms with E-state index in [4.69, 9.17) is 9.84 Å². The standard InChI is InChI=1S/C21H18N4O6/c1-31-16-10-12(6-8-13(16)11-18(27)28)7-9-17(26)23-21(30)25-24-19-14-4-2-3-5-15(14)22-20(19)29/h2-10,22,29H,11H2,1H3,(H,27,28)(H,23,26,30)/b9-7+,25-24?. The van der Waals surface area contributed by atoms with Gasteiger partial charge in [-0.2, -0.15) is 0 Å². The minimum Gasteiger partial charge on any atom is -0.496 e. The van der Waals surface area contributed by atoms with Gasteiger partial charge in [0.25, 0.3) is 5.91 Å². The van der Waals surface area contributed by atoms with Crippen molar-refractivity contribution < 1.29 is 29.3 Å². The Morgan fingerprint density at radius 3 is 2.71 bits per heavy atom. The van der Waals surface area contributed by atoms with Crippen LogP contribution in [0.25, 0.3) is 17.0 Å². The topological polar surface area (TPSA) is 153 Å². The number of hydrogen-bond acceptors (Lipinski definition) is 6. The van der Waals surface area contributed by atoms with Crippen LogP contribution in [0, 0.1) is 0 Å². The SMILES string of the molecule is COc1cc(/C=C/C(=O)NC(=O)N=Nc2c(O)[nH]c3ccccc23)ccc1CC(=O)O. The average molecular weight is 422 g/mol. The van der Waals surface area contributed by atoms with Crippen LogP contribution in [0.5, 0.6) is 11.6 Å². The van der Waals surface area contributed by atoms with Gasteiger partial charge < -0.3 is 19.9 Å². The second-order valence-electron chi connectivity index (χ2n) is 6.34. The van der Waals surface area contributed by atoms with E-state index < -0.39 is 17.9 Å². The quantitative estimate of drug-likeness (QED) is 0.352. The second-order valence-corrected chi connectivity index (χ2v) is 6.34. The Morgan fingerprint density at radius 1 is 1.19 bits per heavy atom. The van der Waals surface area contributed by atoms with Crippen molar-refractivity contribution in [1.29, 1.82) is 0 Å². The van der Waals surface area contributed by atoms with E-state index in [1.807, 2.05) is 5.32 Å². The van der Waals surface area contributed by atoms with E-state index in [9.17, 15) is 19.5 Å². The van der Waals surface area contributed by atoms with Crippen LogP contribution < -0.4 is 10.1 Å². The molecule has 10 nitrogen and oxygen atoms in total. The molecule has 0 spiro atoms. The molecule has 0 atom stereocenters. The lowest BCUT2D eigenvalue weighted by Gasteiger charge is -2.07. The maximum atomic E-state index is 11.9. The van der Waals surface area contributed by atoms with E-state index in [2.05, 4.69) is 15.2 Å². The molecule has 0 saturated carbocycles. The van der Waals surface area contributed by atoms with Gasteiger partial charge in [0.05, 0.1) is 19.0 Å². The van der Waals surface area contributed by atoms with E-state index in [-0.39, 0.29) is 18.0 Å². The van der Waals surface area contributed by atoms with Crippen LogP contribution in [0.1, 0.15) is 11.1 Å². The van der Waals surface area contributed by atoms with Gasteiger partial charge in [-0.25, -0.2) is 4.79 Å². The summed E-state index contributed by atoms with van der Waals surface area (Å²) in [7, 11) is 1.41. The number of carbonyl (C=O) groups is 3. The molecule has 1 heterocycles. The number of rotatable bonds is 6. The summed E-state index contributed by atoms with van der Waals surface area (Å²) in [5.74, 6) is -1.60. The molecular weight excluding hydrogens is 404 g/mol. The fraction of sp³-hybridized carbons (Fsp3) is 0.0952. The van der Waals surface area contributed by atoms with Gasteiger partial charge in [-0.05, 0) is 23.8 Å². The Balaban J connectivity index is 1.64. The summed E-state index contributed by atoms with van der Waals surface area (Å²) in [6.07, 6.45) is 2.35. The molecule has 0 unspecified atom stereocenters. The van der Waals surface area contributed by atoms with Crippen LogP contribution in [-0.4, -0.2) is 40.2 Å². The number of H-pyrrole nitrogens is 1. The van der Waals surface area contributed by atoms with Gasteiger partial charge in [0.15, 0.2) is 5.69 Å². The molecular formula is C21H18N4O6. The van der Waals surface area contributed by atoms with Crippen molar-refractivity contribution in [1.82, 2.24) is 10.3 Å². The summed E-state index contributed by atoms with van der Waals surface area (Å²) in [4.78, 5) is 37.4. The summed E-state index contributed by atoms with van der Waals surface area (Å²) >= 11 is 0. The van der Waals surface area contributed by atoms with Crippen LogP contribution in [0.15, 0.2) is 58.8 Å². The molecule has 0 aliphatic rings. The molecule has 0 aliphatic carbocycles. The van der Waals surface area contributed by atoms with Crippen molar-refractivity contribution in [2.45, 2.75) is 6.42 Å². The zero-order chi connectivity index (χ0) is 22.4. The van der Waals surface area contributed by atoms with Crippen LogP contribution in [0.3, 0.4) is 0 Å². The molecule has 3 rings (SSSR count). The summed E-state index contributed by atoms with van der Waals surface area (Å²) in [5, 5.41) is 28.5. The summed E-state index contributed by atoms with van der Waals surface area (Å²) in [6, 6.07) is 10.7. The van der Waals surface area contributed by atoms with Crippen molar-refractivity contribution in [3.05, 3.63) is 59.7 Å². The maximum Gasteiger partial charge on any atom is 0.366 e. The monoisotopic (exact) mass is 422 g/mol.